The summed E-state index contributed by atoms with van der Waals surface area (Å²) < 4.78 is 27.1. The first-order valence-electron chi connectivity index (χ1n) is 10.7. The summed E-state index contributed by atoms with van der Waals surface area (Å²) in [5, 5.41) is 3.51. The van der Waals surface area contributed by atoms with Crippen LogP contribution in [0.5, 0.6) is 0 Å². The van der Waals surface area contributed by atoms with E-state index in [2.05, 4.69) is 30.1 Å². The van der Waals surface area contributed by atoms with Gasteiger partial charge in [-0.25, -0.2) is 8.42 Å². The highest BCUT2D eigenvalue weighted by Crippen LogP contribution is 2.26. The Labute approximate surface area is 190 Å². The van der Waals surface area contributed by atoms with Crippen LogP contribution in [-0.2, 0) is 21.4 Å². The standard InChI is InChI=1S/C23H30ClN3O3S/c1-3-26(4-2)17-18-6-5-7-21(16-18)25-23(28)19-12-14-27(15-13-19)31(29,30)22-10-8-20(24)9-11-22/h5-11,16,19H,3-4,12-15,17H2,1-2H3,(H,25,28). The molecule has 1 aliphatic heterocycles. The molecule has 1 heterocycles. The lowest BCUT2D eigenvalue weighted by atomic mass is 9.97. The van der Waals surface area contributed by atoms with Crippen LogP contribution in [0.2, 0.25) is 5.02 Å². The van der Waals surface area contributed by atoms with Crippen LogP contribution >= 0.6 is 11.6 Å². The molecule has 0 bridgehead atoms. The lowest BCUT2D eigenvalue weighted by molar-refractivity contribution is -0.120. The van der Waals surface area contributed by atoms with Crippen molar-refractivity contribution >= 4 is 33.2 Å². The Hall–Kier alpha value is -1.93. The fourth-order valence-corrected chi connectivity index (χ4v) is 5.41. The quantitative estimate of drug-likeness (QED) is 0.636. The van der Waals surface area contributed by atoms with Crippen LogP contribution in [0, 0.1) is 5.92 Å². The first kappa shape index (κ1) is 23.7. The molecule has 2 aromatic carbocycles. The fraction of sp³-hybridized carbons (Fsp3) is 0.435. The number of carbonyl (C=O) groups excluding carboxylic acids is 1. The van der Waals surface area contributed by atoms with Crippen LogP contribution in [0.15, 0.2) is 53.4 Å². The van der Waals surface area contributed by atoms with E-state index in [1.54, 1.807) is 12.1 Å². The second-order valence-electron chi connectivity index (χ2n) is 7.78. The first-order valence-corrected chi connectivity index (χ1v) is 12.5. The van der Waals surface area contributed by atoms with Crippen molar-refractivity contribution in [3.63, 3.8) is 0 Å². The van der Waals surface area contributed by atoms with E-state index in [1.165, 1.54) is 16.4 Å². The number of rotatable bonds is 8. The smallest absolute Gasteiger partial charge is 0.243 e. The van der Waals surface area contributed by atoms with Crippen LogP contribution in [0.3, 0.4) is 0 Å². The summed E-state index contributed by atoms with van der Waals surface area (Å²) in [5.74, 6) is -0.258. The molecule has 0 atom stereocenters. The predicted molar refractivity (Wildman–Crippen MR) is 125 cm³/mol. The van der Waals surface area contributed by atoms with Crippen molar-refractivity contribution in [1.29, 1.82) is 0 Å². The number of carbonyl (C=O) groups is 1. The molecule has 0 saturated carbocycles. The third-order valence-electron chi connectivity index (χ3n) is 5.77. The Morgan fingerprint density at radius 3 is 2.35 bits per heavy atom. The molecule has 2 aromatic rings. The van der Waals surface area contributed by atoms with Crippen LogP contribution in [-0.4, -0.2) is 49.7 Å². The van der Waals surface area contributed by atoms with Gasteiger partial charge >= 0.3 is 0 Å². The maximum Gasteiger partial charge on any atom is 0.243 e. The predicted octanol–water partition coefficient (Wildman–Crippen LogP) is 4.22. The van der Waals surface area contributed by atoms with E-state index in [1.807, 2.05) is 18.2 Å². The van der Waals surface area contributed by atoms with Crippen molar-refractivity contribution in [1.82, 2.24) is 9.21 Å². The molecule has 6 nitrogen and oxygen atoms in total. The molecule has 1 amide bonds. The Morgan fingerprint density at radius 2 is 1.74 bits per heavy atom. The van der Waals surface area contributed by atoms with Gasteiger partial charge in [-0.05, 0) is 67.9 Å². The number of nitrogens with one attached hydrogen (secondary N) is 1. The fourth-order valence-electron chi connectivity index (χ4n) is 3.81. The van der Waals surface area contributed by atoms with E-state index in [4.69, 9.17) is 11.6 Å². The number of halogens is 1. The molecule has 1 fully saturated rings. The molecule has 1 aliphatic rings. The number of hydrogen-bond donors (Lipinski definition) is 1. The minimum Gasteiger partial charge on any atom is -0.326 e. The molecular formula is C23H30ClN3O3S. The van der Waals surface area contributed by atoms with Gasteiger partial charge < -0.3 is 5.32 Å². The number of anilines is 1. The first-order chi connectivity index (χ1) is 14.8. The molecule has 0 aliphatic carbocycles. The zero-order chi connectivity index (χ0) is 22.4. The third-order valence-corrected chi connectivity index (χ3v) is 7.94. The number of hydrogen-bond acceptors (Lipinski definition) is 4. The summed E-state index contributed by atoms with van der Waals surface area (Å²) in [6, 6.07) is 14.1. The average Bonchev–Trinajstić information content (AvgIpc) is 2.78. The van der Waals surface area contributed by atoms with E-state index in [0.29, 0.717) is 31.0 Å². The minimum absolute atomic E-state index is 0.0523. The number of nitrogens with zero attached hydrogens (tertiary/aromatic N) is 2. The van der Waals surface area contributed by atoms with Crippen molar-refractivity contribution in [3.8, 4) is 0 Å². The number of benzene rings is 2. The van der Waals surface area contributed by atoms with Gasteiger partial charge in [0.05, 0.1) is 4.90 Å². The summed E-state index contributed by atoms with van der Waals surface area (Å²) in [6.07, 6.45) is 0.996. The minimum atomic E-state index is -3.57. The van der Waals surface area contributed by atoms with Crippen molar-refractivity contribution in [2.75, 3.05) is 31.5 Å². The molecule has 0 aromatic heterocycles. The maximum absolute atomic E-state index is 12.8. The second-order valence-corrected chi connectivity index (χ2v) is 10.2. The van der Waals surface area contributed by atoms with Crippen LogP contribution in [0.25, 0.3) is 0 Å². The van der Waals surface area contributed by atoms with Gasteiger partial charge in [0, 0.05) is 36.3 Å². The molecule has 0 radical (unpaired) electrons. The largest absolute Gasteiger partial charge is 0.326 e. The zero-order valence-corrected chi connectivity index (χ0v) is 19.6. The lowest BCUT2D eigenvalue weighted by Gasteiger charge is -2.30. The molecular weight excluding hydrogens is 434 g/mol. The van der Waals surface area contributed by atoms with Gasteiger partial charge in [-0.1, -0.05) is 37.6 Å². The van der Waals surface area contributed by atoms with Crippen molar-refractivity contribution < 1.29 is 13.2 Å². The molecule has 31 heavy (non-hydrogen) atoms. The van der Waals surface area contributed by atoms with Crippen LogP contribution in [0.4, 0.5) is 5.69 Å². The van der Waals surface area contributed by atoms with Crippen LogP contribution in [0.1, 0.15) is 32.3 Å². The molecule has 0 unspecified atom stereocenters. The molecule has 1 saturated heterocycles. The number of piperidine rings is 1. The molecule has 3 rings (SSSR count). The second kappa shape index (κ2) is 10.6. The number of sulfonamides is 1. The van der Waals surface area contributed by atoms with Gasteiger partial charge in [-0.3, -0.25) is 9.69 Å². The summed E-state index contributed by atoms with van der Waals surface area (Å²) in [7, 11) is -3.57. The van der Waals surface area contributed by atoms with Crippen molar-refractivity contribution in [2.24, 2.45) is 5.92 Å². The molecule has 168 valence electrons. The van der Waals surface area contributed by atoms with E-state index in [0.717, 1.165) is 30.9 Å². The van der Waals surface area contributed by atoms with E-state index < -0.39 is 10.0 Å². The third kappa shape index (κ3) is 6.07. The van der Waals surface area contributed by atoms with Gasteiger partial charge in [-0.15, -0.1) is 0 Å². The normalized spacial score (nSPS) is 15.9. The van der Waals surface area contributed by atoms with E-state index >= 15 is 0 Å². The lowest BCUT2D eigenvalue weighted by Crippen LogP contribution is -2.41. The molecule has 1 N–H and O–H groups in total. The van der Waals surface area contributed by atoms with E-state index in [-0.39, 0.29) is 16.7 Å². The Kier molecular flexibility index (Phi) is 8.11. The highest BCUT2D eigenvalue weighted by molar-refractivity contribution is 7.89. The zero-order valence-electron chi connectivity index (χ0n) is 18.1. The van der Waals surface area contributed by atoms with E-state index in [9.17, 15) is 13.2 Å². The summed E-state index contributed by atoms with van der Waals surface area (Å²) in [5.41, 5.74) is 1.94. The SMILES string of the molecule is CCN(CC)Cc1cccc(NC(=O)C2CCN(S(=O)(=O)c3ccc(Cl)cc3)CC2)c1. The summed E-state index contributed by atoms with van der Waals surface area (Å²) in [4.78, 5) is 15.3. The van der Waals surface area contributed by atoms with Crippen LogP contribution < -0.4 is 5.32 Å². The van der Waals surface area contributed by atoms with Crippen molar-refractivity contribution in [3.05, 3.63) is 59.1 Å². The van der Waals surface area contributed by atoms with Gasteiger partial charge in [-0.2, -0.15) is 4.31 Å². The Balaban J connectivity index is 1.57. The average molecular weight is 464 g/mol. The summed E-state index contributed by atoms with van der Waals surface area (Å²) >= 11 is 5.86. The van der Waals surface area contributed by atoms with Crippen molar-refractivity contribution in [2.45, 2.75) is 38.1 Å². The monoisotopic (exact) mass is 463 g/mol. The Bertz CT molecular complexity index is 983. The summed E-state index contributed by atoms with van der Waals surface area (Å²) in [6.45, 7) is 7.71. The highest BCUT2D eigenvalue weighted by Gasteiger charge is 2.32. The highest BCUT2D eigenvalue weighted by atomic mass is 35.5. The topological polar surface area (TPSA) is 69.7 Å². The van der Waals surface area contributed by atoms with Gasteiger partial charge in [0.15, 0.2) is 0 Å². The van der Waals surface area contributed by atoms with Gasteiger partial charge in [0.2, 0.25) is 15.9 Å². The number of amides is 1. The molecule has 8 heteroatoms. The molecule has 0 spiro atoms. The van der Waals surface area contributed by atoms with Gasteiger partial charge in [0.25, 0.3) is 0 Å². The maximum atomic E-state index is 12.8. The van der Waals surface area contributed by atoms with Gasteiger partial charge in [0.1, 0.15) is 0 Å². The Morgan fingerprint density at radius 1 is 1.10 bits per heavy atom.